The van der Waals surface area contributed by atoms with Gasteiger partial charge in [-0.1, -0.05) is 24.4 Å². The molecule has 1 heterocycles. The molecule has 0 atom stereocenters. The van der Waals surface area contributed by atoms with E-state index in [1.54, 1.807) is 24.3 Å². The maximum atomic E-state index is 12.0. The Morgan fingerprint density at radius 1 is 1.24 bits per heavy atom. The van der Waals surface area contributed by atoms with Crippen molar-refractivity contribution in [1.82, 2.24) is 10.2 Å². The zero-order chi connectivity index (χ0) is 15.1. The van der Waals surface area contributed by atoms with E-state index in [4.69, 9.17) is 22.7 Å². The molecule has 1 aliphatic rings. The lowest BCUT2D eigenvalue weighted by Gasteiger charge is -2.26. The first kappa shape index (κ1) is 15.9. The number of hydrogen-bond donors (Lipinski definition) is 2. The van der Waals surface area contributed by atoms with Gasteiger partial charge in [0.05, 0.1) is 13.2 Å². The van der Waals surface area contributed by atoms with Crippen molar-refractivity contribution in [3.63, 3.8) is 0 Å². The lowest BCUT2D eigenvalue weighted by molar-refractivity contribution is 0.0374. The monoisotopic (exact) mass is 307 g/mol. The number of benzene rings is 1. The van der Waals surface area contributed by atoms with Gasteiger partial charge in [-0.05, 0) is 25.1 Å². The van der Waals surface area contributed by atoms with E-state index in [9.17, 15) is 4.79 Å². The number of amides is 1. The Kier molecular flexibility index (Phi) is 6.10. The number of carbonyl (C=O) groups excluding carboxylic acids is 1. The zero-order valence-electron chi connectivity index (χ0n) is 12.0. The quantitative estimate of drug-likeness (QED) is 0.600. The Morgan fingerprint density at radius 2 is 1.86 bits per heavy atom. The van der Waals surface area contributed by atoms with E-state index >= 15 is 0 Å². The molecule has 0 bridgehead atoms. The number of thiocarbonyl (C=S) groups is 1. The fraction of sp³-hybridized carbons (Fsp3) is 0.467. The fourth-order valence-corrected chi connectivity index (χ4v) is 2.35. The van der Waals surface area contributed by atoms with Crippen LogP contribution in [0.3, 0.4) is 0 Å². The summed E-state index contributed by atoms with van der Waals surface area (Å²) in [7, 11) is 0. The lowest BCUT2D eigenvalue weighted by Crippen LogP contribution is -2.38. The number of hydrogen-bond acceptors (Lipinski definition) is 4. The molecule has 1 saturated heterocycles. The molecule has 21 heavy (non-hydrogen) atoms. The van der Waals surface area contributed by atoms with Crippen molar-refractivity contribution in [3.05, 3.63) is 35.4 Å². The number of rotatable bonds is 6. The van der Waals surface area contributed by atoms with E-state index in [1.165, 1.54) is 0 Å². The van der Waals surface area contributed by atoms with Crippen molar-refractivity contribution in [1.29, 1.82) is 0 Å². The highest BCUT2D eigenvalue weighted by Gasteiger charge is 2.10. The van der Waals surface area contributed by atoms with E-state index < -0.39 is 0 Å². The molecule has 0 saturated carbocycles. The van der Waals surface area contributed by atoms with Crippen molar-refractivity contribution in [2.45, 2.75) is 6.42 Å². The molecule has 6 heteroatoms. The van der Waals surface area contributed by atoms with Gasteiger partial charge in [0.2, 0.25) is 0 Å². The largest absolute Gasteiger partial charge is 0.389 e. The van der Waals surface area contributed by atoms with Gasteiger partial charge in [-0.3, -0.25) is 9.69 Å². The Hall–Kier alpha value is -1.50. The molecule has 0 unspecified atom stereocenters. The molecule has 3 N–H and O–H groups in total. The number of nitrogens with two attached hydrogens (primary N) is 1. The maximum Gasteiger partial charge on any atom is 0.251 e. The topological polar surface area (TPSA) is 67.6 Å². The van der Waals surface area contributed by atoms with Crippen LogP contribution in [0.5, 0.6) is 0 Å². The molecule has 1 amide bonds. The highest BCUT2D eigenvalue weighted by molar-refractivity contribution is 7.80. The highest BCUT2D eigenvalue weighted by atomic mass is 32.1. The first-order valence-electron chi connectivity index (χ1n) is 7.15. The number of carbonyl (C=O) groups is 1. The second kappa shape index (κ2) is 8.07. The average molecular weight is 307 g/mol. The summed E-state index contributed by atoms with van der Waals surface area (Å²) in [6.45, 7) is 5.24. The predicted molar refractivity (Wildman–Crippen MR) is 86.5 cm³/mol. The number of morpholine rings is 1. The van der Waals surface area contributed by atoms with Crippen LogP contribution in [-0.4, -0.2) is 55.2 Å². The molecule has 0 radical (unpaired) electrons. The Balaban J connectivity index is 1.70. The fourth-order valence-electron chi connectivity index (χ4n) is 2.22. The van der Waals surface area contributed by atoms with Gasteiger partial charge < -0.3 is 15.8 Å². The summed E-state index contributed by atoms with van der Waals surface area (Å²) < 4.78 is 5.30. The number of ether oxygens (including phenoxy) is 1. The molecule has 1 fully saturated rings. The van der Waals surface area contributed by atoms with Gasteiger partial charge in [0.25, 0.3) is 5.91 Å². The second-order valence-electron chi connectivity index (χ2n) is 5.01. The standard InChI is InChI=1S/C15H21N3O2S/c16-14(21)12-2-4-13(5-3-12)15(19)17-6-1-7-18-8-10-20-11-9-18/h2-5H,1,6-11H2,(H2,16,21)(H,17,19). The van der Waals surface area contributed by atoms with Gasteiger partial charge in [-0.15, -0.1) is 0 Å². The van der Waals surface area contributed by atoms with Gasteiger partial charge in [-0.25, -0.2) is 0 Å². The van der Waals surface area contributed by atoms with Crippen molar-refractivity contribution in [2.75, 3.05) is 39.4 Å². The minimum absolute atomic E-state index is 0.0635. The van der Waals surface area contributed by atoms with Crippen LogP contribution in [0.2, 0.25) is 0 Å². The maximum absolute atomic E-state index is 12.0. The molecule has 0 aromatic heterocycles. The van der Waals surface area contributed by atoms with Crippen molar-refractivity contribution < 1.29 is 9.53 Å². The van der Waals surface area contributed by atoms with Crippen molar-refractivity contribution in [3.8, 4) is 0 Å². The van der Waals surface area contributed by atoms with Crippen LogP contribution in [0.4, 0.5) is 0 Å². The molecular weight excluding hydrogens is 286 g/mol. The summed E-state index contributed by atoms with van der Waals surface area (Å²) in [5.74, 6) is -0.0635. The van der Waals surface area contributed by atoms with E-state index in [-0.39, 0.29) is 5.91 Å². The molecule has 5 nitrogen and oxygen atoms in total. The second-order valence-corrected chi connectivity index (χ2v) is 5.44. The Labute approximate surface area is 130 Å². The van der Waals surface area contributed by atoms with Crippen LogP contribution in [0.15, 0.2) is 24.3 Å². The molecule has 1 aromatic carbocycles. The zero-order valence-corrected chi connectivity index (χ0v) is 12.8. The van der Waals surface area contributed by atoms with Crippen LogP contribution in [-0.2, 0) is 4.74 Å². The van der Waals surface area contributed by atoms with Crippen LogP contribution in [0, 0.1) is 0 Å². The van der Waals surface area contributed by atoms with Crippen molar-refractivity contribution in [2.24, 2.45) is 5.73 Å². The van der Waals surface area contributed by atoms with Crippen molar-refractivity contribution >= 4 is 23.1 Å². The van der Waals surface area contributed by atoms with Crippen LogP contribution >= 0.6 is 12.2 Å². The van der Waals surface area contributed by atoms with Gasteiger partial charge in [0.1, 0.15) is 4.99 Å². The molecule has 114 valence electrons. The Bertz CT molecular complexity index is 484. The van der Waals surface area contributed by atoms with Gasteiger partial charge in [0.15, 0.2) is 0 Å². The summed E-state index contributed by atoms with van der Waals surface area (Å²) in [5.41, 5.74) is 6.92. The minimum atomic E-state index is -0.0635. The first-order chi connectivity index (χ1) is 10.2. The summed E-state index contributed by atoms with van der Waals surface area (Å²) in [5, 5.41) is 2.93. The van der Waals surface area contributed by atoms with Crippen LogP contribution in [0.1, 0.15) is 22.3 Å². The van der Waals surface area contributed by atoms with Crippen LogP contribution in [0.25, 0.3) is 0 Å². The molecule has 1 aromatic rings. The molecule has 0 spiro atoms. The first-order valence-corrected chi connectivity index (χ1v) is 7.56. The van der Waals surface area contributed by atoms with E-state index in [0.29, 0.717) is 17.1 Å². The summed E-state index contributed by atoms with van der Waals surface area (Å²) in [6, 6.07) is 7.02. The third kappa shape index (κ3) is 5.08. The molecular formula is C15H21N3O2S. The summed E-state index contributed by atoms with van der Waals surface area (Å²) in [4.78, 5) is 14.7. The predicted octanol–water partition coefficient (Wildman–Crippen LogP) is 0.773. The lowest BCUT2D eigenvalue weighted by atomic mass is 10.1. The molecule has 1 aliphatic heterocycles. The SMILES string of the molecule is NC(=S)c1ccc(C(=O)NCCCN2CCOCC2)cc1. The number of nitrogens with one attached hydrogen (secondary N) is 1. The third-order valence-electron chi connectivity index (χ3n) is 3.47. The van der Waals surface area contributed by atoms with E-state index in [2.05, 4.69) is 10.2 Å². The Morgan fingerprint density at radius 3 is 2.48 bits per heavy atom. The normalized spacial score (nSPS) is 15.6. The van der Waals surface area contributed by atoms with Crippen LogP contribution < -0.4 is 11.1 Å². The average Bonchev–Trinajstić information content (AvgIpc) is 2.52. The molecule has 2 rings (SSSR count). The summed E-state index contributed by atoms with van der Waals surface area (Å²) in [6.07, 6.45) is 0.941. The number of nitrogens with zero attached hydrogens (tertiary/aromatic N) is 1. The van der Waals surface area contributed by atoms with E-state index in [0.717, 1.165) is 44.8 Å². The minimum Gasteiger partial charge on any atom is -0.389 e. The summed E-state index contributed by atoms with van der Waals surface area (Å²) >= 11 is 4.88. The van der Waals surface area contributed by atoms with E-state index in [1.807, 2.05) is 0 Å². The highest BCUT2D eigenvalue weighted by Crippen LogP contribution is 2.04. The van der Waals surface area contributed by atoms with Gasteiger partial charge >= 0.3 is 0 Å². The van der Waals surface area contributed by atoms with Gasteiger partial charge in [0, 0.05) is 30.8 Å². The van der Waals surface area contributed by atoms with Gasteiger partial charge in [-0.2, -0.15) is 0 Å². The third-order valence-corrected chi connectivity index (χ3v) is 3.71. The molecule has 0 aliphatic carbocycles. The smallest absolute Gasteiger partial charge is 0.251 e.